The van der Waals surface area contributed by atoms with Crippen LogP contribution in [-0.4, -0.2) is 37.0 Å². The van der Waals surface area contributed by atoms with E-state index >= 15 is 0 Å². The molecule has 2 rings (SSSR count). The summed E-state index contributed by atoms with van der Waals surface area (Å²) in [7, 11) is 0. The molecule has 2 aromatic carbocycles. The van der Waals surface area contributed by atoms with Gasteiger partial charge in [-0.2, -0.15) is 0 Å². The predicted octanol–water partition coefficient (Wildman–Crippen LogP) is 1.84. The summed E-state index contributed by atoms with van der Waals surface area (Å²) in [5.74, 6) is -3.91. The summed E-state index contributed by atoms with van der Waals surface area (Å²) < 4.78 is 9.32. The van der Waals surface area contributed by atoms with E-state index in [2.05, 4.69) is 20.1 Å². The number of anilines is 2. The van der Waals surface area contributed by atoms with Crippen LogP contribution in [0.25, 0.3) is 10.8 Å². The Labute approximate surface area is 149 Å². The van der Waals surface area contributed by atoms with Gasteiger partial charge in [0.1, 0.15) is 0 Å². The number of hydrogen-bond donors (Lipinski definition) is 2. The van der Waals surface area contributed by atoms with E-state index in [9.17, 15) is 19.2 Å². The molecule has 136 valence electrons. The van der Waals surface area contributed by atoms with Gasteiger partial charge in [0.25, 0.3) is 0 Å². The third-order valence-corrected chi connectivity index (χ3v) is 3.32. The van der Waals surface area contributed by atoms with Gasteiger partial charge >= 0.3 is 23.8 Å². The minimum Gasteiger partial charge on any atom is -0.459 e. The summed E-state index contributed by atoms with van der Waals surface area (Å²) in [5, 5.41) is 6.06. The molecule has 0 bridgehead atoms. The van der Waals surface area contributed by atoms with E-state index in [1.54, 1.807) is 50.2 Å². The van der Waals surface area contributed by atoms with E-state index in [4.69, 9.17) is 0 Å². The minimum atomic E-state index is -1.02. The molecule has 0 aliphatic rings. The smallest absolute Gasteiger partial charge is 0.397 e. The van der Waals surface area contributed by atoms with Crippen LogP contribution in [0.4, 0.5) is 11.4 Å². The highest BCUT2D eigenvalue weighted by atomic mass is 16.5. The Morgan fingerprint density at radius 3 is 1.58 bits per heavy atom. The Kier molecular flexibility index (Phi) is 6.26. The van der Waals surface area contributed by atoms with Crippen LogP contribution in [0.3, 0.4) is 0 Å². The van der Waals surface area contributed by atoms with Gasteiger partial charge in [-0.1, -0.05) is 24.3 Å². The molecule has 0 fully saturated rings. The summed E-state index contributed by atoms with van der Waals surface area (Å²) >= 11 is 0. The van der Waals surface area contributed by atoms with Crippen molar-refractivity contribution in [3.8, 4) is 0 Å². The third-order valence-electron chi connectivity index (χ3n) is 3.32. The number of amides is 2. The third kappa shape index (κ3) is 4.35. The highest BCUT2D eigenvalue weighted by Crippen LogP contribution is 2.30. The van der Waals surface area contributed by atoms with Crippen LogP contribution in [0.15, 0.2) is 36.4 Å². The van der Waals surface area contributed by atoms with E-state index in [1.807, 2.05) is 0 Å². The maximum atomic E-state index is 11.9. The number of carbonyl (C=O) groups excluding carboxylic acids is 4. The average molecular weight is 358 g/mol. The average Bonchev–Trinajstić information content (AvgIpc) is 2.62. The molecule has 2 amide bonds. The molecule has 0 aliphatic carbocycles. The summed E-state index contributed by atoms with van der Waals surface area (Å²) in [6, 6.07) is 10.0. The Morgan fingerprint density at radius 1 is 0.769 bits per heavy atom. The molecule has 0 unspecified atom stereocenters. The summed E-state index contributed by atoms with van der Waals surface area (Å²) in [6.45, 7) is 3.32. The quantitative estimate of drug-likeness (QED) is 0.637. The molecule has 0 atom stereocenters. The van der Waals surface area contributed by atoms with Gasteiger partial charge < -0.3 is 20.1 Å². The van der Waals surface area contributed by atoms with Crippen LogP contribution in [0.5, 0.6) is 0 Å². The fourth-order valence-electron chi connectivity index (χ4n) is 2.29. The SMILES string of the molecule is CCOC(=O)C(=O)Nc1cccc2cccc(NC(=O)C(=O)OCC)c12. The first-order valence-corrected chi connectivity index (χ1v) is 7.95. The molecule has 0 saturated carbocycles. The minimum absolute atomic E-state index is 0.0721. The van der Waals surface area contributed by atoms with Crippen molar-refractivity contribution in [3.05, 3.63) is 36.4 Å². The van der Waals surface area contributed by atoms with Gasteiger partial charge in [-0.05, 0) is 31.4 Å². The van der Waals surface area contributed by atoms with E-state index in [1.165, 1.54) is 0 Å². The zero-order chi connectivity index (χ0) is 19.1. The second-order valence-electron chi connectivity index (χ2n) is 5.06. The van der Waals surface area contributed by atoms with Gasteiger partial charge in [-0.3, -0.25) is 9.59 Å². The molecule has 0 aromatic heterocycles. The first-order valence-electron chi connectivity index (χ1n) is 7.95. The van der Waals surface area contributed by atoms with Crippen molar-refractivity contribution in [2.75, 3.05) is 23.8 Å². The molecule has 0 radical (unpaired) electrons. The summed E-state index contributed by atoms with van der Waals surface area (Å²) in [5.41, 5.74) is 0.584. The first kappa shape index (κ1) is 18.9. The lowest BCUT2D eigenvalue weighted by Crippen LogP contribution is -2.26. The van der Waals surface area contributed by atoms with Gasteiger partial charge in [-0.15, -0.1) is 0 Å². The molecule has 2 N–H and O–H groups in total. The monoisotopic (exact) mass is 358 g/mol. The van der Waals surface area contributed by atoms with Crippen LogP contribution < -0.4 is 10.6 Å². The van der Waals surface area contributed by atoms with Crippen molar-refractivity contribution < 1.29 is 28.7 Å². The van der Waals surface area contributed by atoms with Crippen LogP contribution in [-0.2, 0) is 28.7 Å². The van der Waals surface area contributed by atoms with E-state index in [-0.39, 0.29) is 13.2 Å². The second-order valence-corrected chi connectivity index (χ2v) is 5.06. The van der Waals surface area contributed by atoms with Crippen LogP contribution >= 0.6 is 0 Å². The van der Waals surface area contributed by atoms with Crippen LogP contribution in [0.1, 0.15) is 13.8 Å². The lowest BCUT2D eigenvalue weighted by atomic mass is 10.1. The number of nitrogens with one attached hydrogen (secondary N) is 2. The number of benzene rings is 2. The zero-order valence-electron chi connectivity index (χ0n) is 14.3. The maximum Gasteiger partial charge on any atom is 0.397 e. The van der Waals surface area contributed by atoms with Gasteiger partial charge in [0.05, 0.1) is 24.6 Å². The molecule has 8 heteroatoms. The van der Waals surface area contributed by atoms with Gasteiger partial charge in [0, 0.05) is 5.39 Å². The number of fused-ring (bicyclic) bond motifs is 1. The molecule has 8 nitrogen and oxygen atoms in total. The highest BCUT2D eigenvalue weighted by Gasteiger charge is 2.19. The number of carbonyl (C=O) groups is 4. The predicted molar refractivity (Wildman–Crippen MR) is 94.5 cm³/mol. The second kappa shape index (κ2) is 8.61. The lowest BCUT2D eigenvalue weighted by Gasteiger charge is -2.13. The fraction of sp³-hybridized carbons (Fsp3) is 0.222. The van der Waals surface area contributed by atoms with Crippen molar-refractivity contribution in [2.24, 2.45) is 0 Å². The largest absolute Gasteiger partial charge is 0.459 e. The number of hydrogen-bond acceptors (Lipinski definition) is 6. The normalized spacial score (nSPS) is 10.1. The molecular weight excluding hydrogens is 340 g/mol. The number of rotatable bonds is 4. The molecule has 0 heterocycles. The number of esters is 2. The van der Waals surface area contributed by atoms with Crippen molar-refractivity contribution >= 4 is 45.9 Å². The highest BCUT2D eigenvalue weighted by molar-refractivity contribution is 6.39. The van der Waals surface area contributed by atoms with Crippen LogP contribution in [0.2, 0.25) is 0 Å². The topological polar surface area (TPSA) is 111 Å². The van der Waals surface area contributed by atoms with Gasteiger partial charge in [-0.25, -0.2) is 9.59 Å². The van der Waals surface area contributed by atoms with E-state index in [0.717, 1.165) is 0 Å². The van der Waals surface area contributed by atoms with E-state index < -0.39 is 23.8 Å². The maximum absolute atomic E-state index is 11.9. The van der Waals surface area contributed by atoms with Crippen LogP contribution in [0, 0.1) is 0 Å². The Bertz CT molecular complexity index is 795. The van der Waals surface area contributed by atoms with Gasteiger partial charge in [0.2, 0.25) is 0 Å². The lowest BCUT2D eigenvalue weighted by molar-refractivity contribution is -0.152. The number of ether oxygens (including phenoxy) is 2. The van der Waals surface area contributed by atoms with Crippen molar-refractivity contribution in [2.45, 2.75) is 13.8 Å². The molecular formula is C18H18N2O6. The van der Waals surface area contributed by atoms with E-state index in [0.29, 0.717) is 22.1 Å². The summed E-state index contributed by atoms with van der Waals surface area (Å²) in [4.78, 5) is 46.9. The standard InChI is InChI=1S/C18H18N2O6/c1-3-25-17(23)15(21)19-12-9-5-7-11-8-6-10-13(14(11)12)20-16(22)18(24)26-4-2/h5-10H,3-4H2,1-2H3,(H,19,21)(H,20,22). The summed E-state index contributed by atoms with van der Waals surface area (Å²) in [6.07, 6.45) is 0. The van der Waals surface area contributed by atoms with Crippen molar-refractivity contribution in [3.63, 3.8) is 0 Å². The Morgan fingerprint density at radius 2 is 1.19 bits per heavy atom. The van der Waals surface area contributed by atoms with Gasteiger partial charge in [0.15, 0.2) is 0 Å². The Hall–Kier alpha value is -3.42. The fourth-order valence-corrected chi connectivity index (χ4v) is 2.29. The molecule has 0 spiro atoms. The van der Waals surface area contributed by atoms with Crippen molar-refractivity contribution in [1.29, 1.82) is 0 Å². The molecule has 0 aliphatic heterocycles. The first-order chi connectivity index (χ1) is 12.5. The molecule has 0 saturated heterocycles. The van der Waals surface area contributed by atoms with Crippen molar-refractivity contribution in [1.82, 2.24) is 0 Å². The molecule has 2 aromatic rings. The zero-order valence-corrected chi connectivity index (χ0v) is 14.3. The molecule has 26 heavy (non-hydrogen) atoms. The Balaban J connectivity index is 2.37.